The second-order valence-corrected chi connectivity index (χ2v) is 6.82. The standard InChI is InChI=1S/C9H9N7O2S2/c10-20(17,18)9-4-1-6(19-9)5-11-7-2-3-8-12-14-15-16(8)13-7/h1-4H,5H2,(H,11,13)(H2,10,17,18). The summed E-state index contributed by atoms with van der Waals surface area (Å²) in [7, 11) is -3.64. The molecular formula is C9H9N7O2S2. The quantitative estimate of drug-likeness (QED) is 0.685. The van der Waals surface area contributed by atoms with Crippen molar-refractivity contribution in [1.29, 1.82) is 0 Å². The molecule has 0 spiro atoms. The number of rotatable bonds is 4. The molecule has 3 aromatic rings. The largest absolute Gasteiger partial charge is 0.364 e. The van der Waals surface area contributed by atoms with Crippen molar-refractivity contribution in [3.8, 4) is 0 Å². The average molecular weight is 311 g/mol. The minimum Gasteiger partial charge on any atom is -0.364 e. The molecule has 0 radical (unpaired) electrons. The topological polar surface area (TPSA) is 128 Å². The smallest absolute Gasteiger partial charge is 0.247 e. The van der Waals surface area contributed by atoms with Gasteiger partial charge in [-0.15, -0.1) is 26.2 Å². The van der Waals surface area contributed by atoms with Crippen molar-refractivity contribution in [2.45, 2.75) is 10.8 Å². The first-order valence-corrected chi connectivity index (χ1v) is 7.79. The third-order valence-electron chi connectivity index (χ3n) is 2.43. The fraction of sp³-hybridized carbons (Fsp3) is 0.111. The van der Waals surface area contributed by atoms with Crippen molar-refractivity contribution >= 4 is 32.8 Å². The van der Waals surface area contributed by atoms with Gasteiger partial charge in [0.05, 0.1) is 6.54 Å². The van der Waals surface area contributed by atoms with Crippen molar-refractivity contribution in [2.75, 3.05) is 5.32 Å². The molecule has 3 N–H and O–H groups in total. The highest BCUT2D eigenvalue weighted by molar-refractivity contribution is 7.91. The van der Waals surface area contributed by atoms with E-state index in [1.54, 1.807) is 18.2 Å². The summed E-state index contributed by atoms with van der Waals surface area (Å²) in [6.07, 6.45) is 0. The number of thiophene rings is 1. The number of nitrogens with two attached hydrogens (primary N) is 1. The molecule has 0 aliphatic carbocycles. The molecule has 0 aliphatic heterocycles. The van der Waals surface area contributed by atoms with Gasteiger partial charge in [0.2, 0.25) is 10.0 Å². The molecule has 0 saturated carbocycles. The van der Waals surface area contributed by atoms with Gasteiger partial charge in [0, 0.05) is 4.88 Å². The molecule has 0 saturated heterocycles. The van der Waals surface area contributed by atoms with Crippen molar-refractivity contribution in [1.82, 2.24) is 25.3 Å². The molecule has 0 fully saturated rings. The summed E-state index contributed by atoms with van der Waals surface area (Å²) >= 11 is 1.11. The molecule has 3 aromatic heterocycles. The van der Waals surface area contributed by atoms with Crippen LogP contribution < -0.4 is 10.5 Å². The molecule has 0 amide bonds. The van der Waals surface area contributed by atoms with Crippen LogP contribution in [0.15, 0.2) is 28.5 Å². The number of tetrazole rings is 1. The fourth-order valence-electron chi connectivity index (χ4n) is 1.53. The summed E-state index contributed by atoms with van der Waals surface area (Å²) in [4.78, 5) is 0.827. The van der Waals surface area contributed by atoms with Crippen molar-refractivity contribution in [3.63, 3.8) is 0 Å². The van der Waals surface area contributed by atoms with Gasteiger partial charge in [-0.3, -0.25) is 0 Å². The lowest BCUT2D eigenvalue weighted by Gasteiger charge is -2.02. The Balaban J connectivity index is 1.74. The fourth-order valence-corrected chi connectivity index (χ4v) is 3.25. The van der Waals surface area contributed by atoms with E-state index in [0.717, 1.165) is 16.2 Å². The SMILES string of the molecule is NS(=O)(=O)c1ccc(CNc2ccc3nnnn3n2)s1. The normalized spacial score (nSPS) is 11.8. The summed E-state index contributed by atoms with van der Waals surface area (Å²) < 4.78 is 23.8. The van der Waals surface area contributed by atoms with Crippen LogP contribution in [-0.2, 0) is 16.6 Å². The number of primary sulfonamides is 1. The van der Waals surface area contributed by atoms with Gasteiger partial charge >= 0.3 is 0 Å². The summed E-state index contributed by atoms with van der Waals surface area (Å²) in [6, 6.07) is 6.64. The maximum absolute atomic E-state index is 11.2. The van der Waals surface area contributed by atoms with E-state index in [1.807, 2.05) is 0 Å². The Hall–Kier alpha value is -2.11. The van der Waals surface area contributed by atoms with Gasteiger partial charge in [0.15, 0.2) is 5.65 Å². The first kappa shape index (κ1) is 12.9. The van der Waals surface area contributed by atoms with Crippen LogP contribution in [0.2, 0.25) is 0 Å². The summed E-state index contributed by atoms with van der Waals surface area (Å²) in [5, 5.41) is 23.2. The lowest BCUT2D eigenvalue weighted by molar-refractivity contribution is 0.600. The monoisotopic (exact) mass is 311 g/mol. The highest BCUT2D eigenvalue weighted by Gasteiger charge is 2.11. The van der Waals surface area contributed by atoms with Gasteiger partial charge < -0.3 is 5.32 Å². The zero-order valence-electron chi connectivity index (χ0n) is 9.96. The summed E-state index contributed by atoms with van der Waals surface area (Å²) in [5.74, 6) is 0.579. The van der Waals surface area contributed by atoms with E-state index in [2.05, 4.69) is 25.9 Å². The first-order chi connectivity index (χ1) is 9.52. The summed E-state index contributed by atoms with van der Waals surface area (Å²) in [5.41, 5.74) is 0.545. The molecule has 11 heteroatoms. The molecular weight excluding hydrogens is 302 g/mol. The maximum atomic E-state index is 11.2. The zero-order valence-corrected chi connectivity index (χ0v) is 11.6. The molecule has 0 bridgehead atoms. The molecule has 104 valence electrons. The predicted octanol–water partition coefficient (Wildman–Crippen LogP) is -0.160. The van der Waals surface area contributed by atoms with Crippen molar-refractivity contribution in [3.05, 3.63) is 29.1 Å². The van der Waals surface area contributed by atoms with Crippen LogP contribution >= 0.6 is 11.3 Å². The Morgan fingerprint density at radius 3 is 2.90 bits per heavy atom. The van der Waals surface area contributed by atoms with E-state index < -0.39 is 10.0 Å². The average Bonchev–Trinajstić information content (AvgIpc) is 3.04. The molecule has 3 rings (SSSR count). The second kappa shape index (κ2) is 4.77. The number of anilines is 1. The lowest BCUT2D eigenvalue weighted by atomic mass is 10.4. The number of hydrogen-bond donors (Lipinski definition) is 2. The van der Waals surface area contributed by atoms with E-state index >= 15 is 0 Å². The van der Waals surface area contributed by atoms with Gasteiger partial charge in [-0.05, 0) is 34.7 Å². The van der Waals surface area contributed by atoms with Gasteiger partial charge in [-0.25, -0.2) is 13.6 Å². The minimum atomic E-state index is -3.64. The van der Waals surface area contributed by atoms with Crippen LogP contribution in [0.3, 0.4) is 0 Å². The second-order valence-electron chi connectivity index (χ2n) is 3.86. The minimum absolute atomic E-state index is 0.137. The third kappa shape index (κ3) is 2.59. The van der Waals surface area contributed by atoms with Gasteiger partial charge in [-0.1, -0.05) is 0 Å². The highest BCUT2D eigenvalue weighted by Crippen LogP contribution is 2.21. The van der Waals surface area contributed by atoms with E-state index in [-0.39, 0.29) is 4.21 Å². The number of nitrogens with one attached hydrogen (secondary N) is 1. The van der Waals surface area contributed by atoms with E-state index in [1.165, 1.54) is 10.7 Å². The molecule has 0 aromatic carbocycles. The Bertz CT molecular complexity index is 854. The Kier molecular flexibility index (Phi) is 3.08. The number of sulfonamides is 1. The van der Waals surface area contributed by atoms with Gasteiger partial charge in [-0.2, -0.15) is 0 Å². The Morgan fingerprint density at radius 1 is 1.30 bits per heavy atom. The van der Waals surface area contributed by atoms with Gasteiger partial charge in [0.1, 0.15) is 10.0 Å². The molecule has 0 aliphatic rings. The first-order valence-electron chi connectivity index (χ1n) is 5.43. The van der Waals surface area contributed by atoms with Crippen molar-refractivity contribution in [2.24, 2.45) is 5.14 Å². The van der Waals surface area contributed by atoms with E-state index in [9.17, 15) is 8.42 Å². The number of aromatic nitrogens is 5. The van der Waals surface area contributed by atoms with Crippen LogP contribution in [0, 0.1) is 0 Å². The third-order valence-corrected chi connectivity index (χ3v) is 4.95. The molecule has 0 unspecified atom stereocenters. The van der Waals surface area contributed by atoms with Crippen LogP contribution in [0.1, 0.15) is 4.88 Å². The predicted molar refractivity (Wildman–Crippen MR) is 71.6 cm³/mol. The van der Waals surface area contributed by atoms with Crippen LogP contribution in [-0.4, -0.2) is 33.7 Å². The summed E-state index contributed by atoms with van der Waals surface area (Å²) in [6.45, 7) is 0.431. The molecule has 20 heavy (non-hydrogen) atoms. The Morgan fingerprint density at radius 2 is 2.15 bits per heavy atom. The molecule has 0 atom stereocenters. The maximum Gasteiger partial charge on any atom is 0.247 e. The van der Waals surface area contributed by atoms with Crippen LogP contribution in [0.4, 0.5) is 5.82 Å². The van der Waals surface area contributed by atoms with Crippen molar-refractivity contribution < 1.29 is 8.42 Å². The van der Waals surface area contributed by atoms with E-state index in [0.29, 0.717) is 18.0 Å². The number of nitrogens with zero attached hydrogens (tertiary/aromatic N) is 5. The highest BCUT2D eigenvalue weighted by atomic mass is 32.2. The van der Waals surface area contributed by atoms with Crippen LogP contribution in [0.25, 0.3) is 5.65 Å². The molecule has 3 heterocycles. The van der Waals surface area contributed by atoms with E-state index in [4.69, 9.17) is 5.14 Å². The lowest BCUT2D eigenvalue weighted by Crippen LogP contribution is -2.09. The number of fused-ring (bicyclic) bond motifs is 1. The van der Waals surface area contributed by atoms with Gasteiger partial charge in [0.25, 0.3) is 0 Å². The Labute approximate surface area is 117 Å². The number of hydrogen-bond acceptors (Lipinski definition) is 8. The molecule has 9 nitrogen and oxygen atoms in total. The van der Waals surface area contributed by atoms with Crippen LogP contribution in [0.5, 0.6) is 0 Å². The zero-order chi connectivity index (χ0) is 14.2.